The van der Waals surface area contributed by atoms with Gasteiger partial charge in [-0.15, -0.1) is 0 Å². The van der Waals surface area contributed by atoms with Crippen molar-refractivity contribution >= 4 is 5.97 Å². The minimum absolute atomic E-state index is 0.0252. The van der Waals surface area contributed by atoms with E-state index in [9.17, 15) is 5.11 Å². The molecule has 0 bridgehead atoms. The average molecular weight is 855 g/mol. The van der Waals surface area contributed by atoms with Crippen molar-refractivity contribution < 1.29 is 14.6 Å². The van der Waals surface area contributed by atoms with Crippen LogP contribution in [-0.4, -0.2) is 23.3 Å². The van der Waals surface area contributed by atoms with E-state index in [2.05, 4.69) is 88.8 Å². The third-order valence-electron chi connectivity index (χ3n) is 24.0. The fourth-order valence-electron chi connectivity index (χ4n) is 20.5. The van der Waals surface area contributed by atoms with Crippen molar-refractivity contribution in [2.45, 2.75) is 237 Å². The fraction of sp³-hybridized carbons (Fsp3) is 0.915. The van der Waals surface area contributed by atoms with Crippen LogP contribution in [0.15, 0.2) is 23.8 Å². The van der Waals surface area contributed by atoms with Crippen LogP contribution < -0.4 is 0 Å². The van der Waals surface area contributed by atoms with Crippen LogP contribution in [0.1, 0.15) is 225 Å². The van der Waals surface area contributed by atoms with E-state index in [-0.39, 0.29) is 50.7 Å². The molecule has 3 unspecified atom stereocenters. The lowest BCUT2D eigenvalue weighted by Gasteiger charge is -2.72. The lowest BCUT2D eigenvalue weighted by atomic mass is 9.32. The third-order valence-corrected chi connectivity index (χ3v) is 24.0. The van der Waals surface area contributed by atoms with Gasteiger partial charge in [0.05, 0.1) is 11.5 Å². The van der Waals surface area contributed by atoms with Crippen molar-refractivity contribution in [2.24, 2.45) is 103 Å². The minimum Gasteiger partial charge on any atom is -0.462 e. The molecule has 0 aromatic heterocycles. The summed E-state index contributed by atoms with van der Waals surface area (Å²) in [5.41, 5.74) is 4.08. The van der Waals surface area contributed by atoms with Gasteiger partial charge in [-0.05, 0) is 214 Å². The van der Waals surface area contributed by atoms with E-state index >= 15 is 4.79 Å². The zero-order chi connectivity index (χ0) is 45.0. The molecular weight excluding hydrogens is 757 g/mol. The Morgan fingerprint density at radius 3 is 2.16 bits per heavy atom. The highest BCUT2D eigenvalue weighted by atomic mass is 16.5. The Labute approximate surface area is 383 Å². The van der Waals surface area contributed by atoms with Gasteiger partial charge in [-0.2, -0.15) is 0 Å². The topological polar surface area (TPSA) is 46.5 Å². The largest absolute Gasteiger partial charge is 0.462 e. The molecule has 0 radical (unpaired) electrons. The van der Waals surface area contributed by atoms with Gasteiger partial charge in [0.2, 0.25) is 0 Å². The molecular formula is C59H98O3. The zero-order valence-electron chi connectivity index (χ0n) is 42.9. The SMILES string of the molecule is C=C(C)[C@@H]1CC[C@]2(C(=O)O[C@@H]3CC[C@@]4(C)C(=CC[C@@H]5[C@@H]4CC[C@]4(C)C([C@H](C)CCCC(C)C)CC[C@@H]54)C3)CC[C@]3(C)[C@H](CC[C@@H]4[C@@]5(C)CC[C@H](O)C(C)(C)C5CC[C@]43C)C12.CC. The minimum atomic E-state index is -0.361. The standard InChI is InChI=1S/C57H92O3.C2H6/c1-35(2)14-13-15-37(5)42-18-19-43-41-17-16-38-34-39(22-27-52(38,8)44(41)24-28-53(42,43)9)60-50(59)57-31-23-40(36(3)4)49(57)45-20-21-47-54(10)29-26-48(58)51(6,7)46(54)25-30-56(47,12)55(45,11)32-33-57;1-2/h16,35,37,39-49,58H,3,13-15,17-34H2,1-2,4-12H3;1-2H3/t37-,39-,40+,41+,42?,43+,44+,45-,46?,47-,48+,49?,52+,53-,54+,55-,56-,57+;/m1./s1. The predicted molar refractivity (Wildman–Crippen MR) is 259 cm³/mol. The molecule has 8 fully saturated rings. The normalized spacial score (nSPS) is 50.4. The summed E-state index contributed by atoms with van der Waals surface area (Å²) < 4.78 is 7.00. The highest BCUT2D eigenvalue weighted by Gasteiger charge is 2.72. The Hall–Kier alpha value is -1.09. The summed E-state index contributed by atoms with van der Waals surface area (Å²) in [7, 11) is 0. The number of hydrogen-bond acceptors (Lipinski definition) is 3. The van der Waals surface area contributed by atoms with Crippen molar-refractivity contribution in [2.75, 3.05) is 0 Å². The molecule has 352 valence electrons. The van der Waals surface area contributed by atoms with Gasteiger partial charge < -0.3 is 9.84 Å². The molecule has 1 N–H and O–H groups in total. The van der Waals surface area contributed by atoms with Gasteiger partial charge in [-0.1, -0.05) is 126 Å². The molecule has 0 spiro atoms. The number of fused-ring (bicyclic) bond motifs is 12. The van der Waals surface area contributed by atoms with Gasteiger partial charge in [-0.3, -0.25) is 4.79 Å². The summed E-state index contributed by atoms with van der Waals surface area (Å²) in [4.78, 5) is 15.2. The number of aliphatic hydroxyl groups is 1. The van der Waals surface area contributed by atoms with Crippen LogP contribution in [0.3, 0.4) is 0 Å². The summed E-state index contributed by atoms with van der Waals surface area (Å²) >= 11 is 0. The molecule has 9 aliphatic carbocycles. The van der Waals surface area contributed by atoms with Crippen LogP contribution >= 0.6 is 0 Å². The second-order valence-electron chi connectivity index (χ2n) is 26.8. The number of hydrogen-bond donors (Lipinski definition) is 1. The maximum atomic E-state index is 15.2. The molecule has 0 amide bonds. The maximum Gasteiger partial charge on any atom is 0.312 e. The molecule has 8 saturated carbocycles. The molecule has 0 aliphatic heterocycles. The number of esters is 1. The molecule has 18 atom stereocenters. The Morgan fingerprint density at radius 2 is 1.45 bits per heavy atom. The monoisotopic (exact) mass is 855 g/mol. The second-order valence-corrected chi connectivity index (χ2v) is 26.8. The van der Waals surface area contributed by atoms with E-state index in [4.69, 9.17) is 4.74 Å². The second kappa shape index (κ2) is 16.6. The molecule has 0 heterocycles. The van der Waals surface area contributed by atoms with Gasteiger partial charge in [-0.25, -0.2) is 0 Å². The van der Waals surface area contributed by atoms with Gasteiger partial charge in [0.1, 0.15) is 6.10 Å². The first-order valence-corrected chi connectivity index (χ1v) is 27.4. The average Bonchev–Trinajstić information content (AvgIpc) is 3.80. The lowest BCUT2D eigenvalue weighted by molar-refractivity contribution is -0.249. The van der Waals surface area contributed by atoms with E-state index in [0.29, 0.717) is 35.0 Å². The molecule has 9 aliphatic rings. The maximum absolute atomic E-state index is 15.2. The summed E-state index contributed by atoms with van der Waals surface area (Å²) in [6.45, 7) is 36.4. The van der Waals surface area contributed by atoms with Crippen LogP contribution in [0.4, 0.5) is 0 Å². The van der Waals surface area contributed by atoms with Crippen molar-refractivity contribution in [1.29, 1.82) is 0 Å². The number of rotatable bonds is 8. The highest BCUT2D eigenvalue weighted by Crippen LogP contribution is 2.78. The number of ether oxygens (including phenoxy) is 1. The smallest absolute Gasteiger partial charge is 0.312 e. The molecule has 0 aromatic rings. The molecule has 9 rings (SSSR count). The quantitative estimate of drug-likeness (QED) is 0.195. The van der Waals surface area contributed by atoms with Crippen LogP contribution in [-0.2, 0) is 9.53 Å². The molecule has 0 saturated heterocycles. The summed E-state index contributed by atoms with van der Waals surface area (Å²) in [6, 6.07) is 0. The molecule has 62 heavy (non-hydrogen) atoms. The van der Waals surface area contributed by atoms with Gasteiger partial charge >= 0.3 is 5.97 Å². The number of allylic oxidation sites excluding steroid dienone is 2. The van der Waals surface area contributed by atoms with Gasteiger partial charge in [0.25, 0.3) is 0 Å². The first-order chi connectivity index (χ1) is 29.2. The van der Waals surface area contributed by atoms with E-state index in [1.54, 1.807) is 5.57 Å². The van der Waals surface area contributed by atoms with Gasteiger partial charge in [0, 0.05) is 6.42 Å². The van der Waals surface area contributed by atoms with Crippen molar-refractivity contribution in [3.8, 4) is 0 Å². The molecule has 0 aromatic carbocycles. The first-order valence-electron chi connectivity index (χ1n) is 27.4. The van der Waals surface area contributed by atoms with Crippen LogP contribution in [0.5, 0.6) is 0 Å². The lowest BCUT2D eigenvalue weighted by Crippen LogP contribution is -2.67. The number of carbonyl (C=O) groups is 1. The number of carbonyl (C=O) groups excluding carboxylic acids is 1. The summed E-state index contributed by atoms with van der Waals surface area (Å²) in [5.74, 6) is 7.84. The third kappa shape index (κ3) is 6.84. The zero-order valence-corrected chi connectivity index (χ0v) is 42.9. The Bertz CT molecular complexity index is 1710. The van der Waals surface area contributed by atoms with Crippen molar-refractivity contribution in [3.05, 3.63) is 23.8 Å². The predicted octanol–water partition coefficient (Wildman–Crippen LogP) is 16.0. The van der Waals surface area contributed by atoms with Crippen molar-refractivity contribution in [3.63, 3.8) is 0 Å². The summed E-state index contributed by atoms with van der Waals surface area (Å²) in [6.07, 6.45) is 28.3. The summed E-state index contributed by atoms with van der Waals surface area (Å²) in [5, 5.41) is 11.2. The molecule has 3 nitrogen and oxygen atoms in total. The van der Waals surface area contributed by atoms with Gasteiger partial charge in [0.15, 0.2) is 0 Å². The fourth-order valence-corrected chi connectivity index (χ4v) is 20.5. The van der Waals surface area contributed by atoms with E-state index < -0.39 is 0 Å². The van der Waals surface area contributed by atoms with E-state index in [0.717, 1.165) is 86.9 Å². The number of aliphatic hydroxyl groups excluding tert-OH is 1. The first kappa shape index (κ1) is 47.4. The van der Waals surface area contributed by atoms with Crippen molar-refractivity contribution in [1.82, 2.24) is 0 Å². The van der Waals surface area contributed by atoms with Crippen LogP contribution in [0.25, 0.3) is 0 Å². The Balaban J connectivity index is 0.00000261. The Morgan fingerprint density at radius 1 is 0.742 bits per heavy atom. The Kier molecular flexibility index (Phi) is 12.7. The van der Waals surface area contributed by atoms with Crippen LogP contribution in [0, 0.1) is 103 Å². The van der Waals surface area contributed by atoms with Crippen LogP contribution in [0.2, 0.25) is 0 Å². The molecule has 3 heteroatoms. The van der Waals surface area contributed by atoms with E-state index in [1.165, 1.54) is 89.0 Å². The van der Waals surface area contributed by atoms with E-state index in [1.807, 2.05) is 13.8 Å². The highest BCUT2D eigenvalue weighted by molar-refractivity contribution is 5.78.